The number of amides is 1. The van der Waals surface area contributed by atoms with Gasteiger partial charge in [-0.05, 0) is 31.8 Å². The summed E-state index contributed by atoms with van der Waals surface area (Å²) in [5.74, 6) is 3.56. The van der Waals surface area contributed by atoms with Crippen LogP contribution in [0.5, 0.6) is 0 Å². The second kappa shape index (κ2) is 11.5. The van der Waals surface area contributed by atoms with Gasteiger partial charge in [0.15, 0.2) is 5.65 Å². The molecule has 0 aliphatic heterocycles. The number of hydrogen-bond donors (Lipinski definition) is 2. The van der Waals surface area contributed by atoms with E-state index in [1.807, 2.05) is 49.3 Å². The SMILES string of the molecule is CN(C)CC#Cc1cnc2c(c1)c(N)c(C(=O)NCc1ccc(F)cc1F)c(=O)n2OCc1ccccc1. The minimum atomic E-state index is -0.848. The van der Waals surface area contributed by atoms with Crippen LogP contribution in [-0.2, 0) is 13.2 Å². The summed E-state index contributed by atoms with van der Waals surface area (Å²) in [4.78, 5) is 38.6. The number of benzene rings is 2. The summed E-state index contributed by atoms with van der Waals surface area (Å²) < 4.78 is 28.2. The number of rotatable bonds is 7. The van der Waals surface area contributed by atoms with Crippen LogP contribution in [0.15, 0.2) is 65.6 Å². The number of anilines is 1. The van der Waals surface area contributed by atoms with Gasteiger partial charge < -0.3 is 15.9 Å². The Balaban J connectivity index is 1.75. The molecule has 4 aromatic rings. The van der Waals surface area contributed by atoms with Crippen molar-refractivity contribution in [2.45, 2.75) is 13.2 Å². The fraction of sp³-hybridized carbons (Fsp3) is 0.179. The molecule has 0 saturated carbocycles. The number of nitrogens with one attached hydrogen (secondary N) is 1. The van der Waals surface area contributed by atoms with Crippen LogP contribution in [0.25, 0.3) is 11.0 Å². The zero-order chi connectivity index (χ0) is 27.2. The molecule has 0 saturated heterocycles. The molecule has 0 bridgehead atoms. The number of nitrogen functional groups attached to an aromatic ring is 1. The quantitative estimate of drug-likeness (QED) is 0.366. The van der Waals surface area contributed by atoms with Gasteiger partial charge in [-0.3, -0.25) is 14.5 Å². The lowest BCUT2D eigenvalue weighted by molar-refractivity contribution is 0.0898. The van der Waals surface area contributed by atoms with E-state index in [1.165, 1.54) is 12.3 Å². The fourth-order valence-corrected chi connectivity index (χ4v) is 3.61. The van der Waals surface area contributed by atoms with Crippen LogP contribution in [-0.4, -0.2) is 41.2 Å². The van der Waals surface area contributed by atoms with Crippen molar-refractivity contribution in [1.29, 1.82) is 0 Å². The van der Waals surface area contributed by atoms with Crippen LogP contribution >= 0.6 is 0 Å². The number of pyridine rings is 2. The number of aromatic nitrogens is 2. The molecule has 0 aliphatic rings. The van der Waals surface area contributed by atoms with Crippen LogP contribution < -0.4 is 21.4 Å². The normalized spacial score (nSPS) is 10.8. The molecule has 0 unspecified atom stereocenters. The van der Waals surface area contributed by atoms with E-state index in [1.54, 1.807) is 6.07 Å². The maximum atomic E-state index is 14.1. The molecule has 1 amide bonds. The van der Waals surface area contributed by atoms with Gasteiger partial charge in [0.1, 0.15) is 23.8 Å². The number of nitrogens with zero attached hydrogens (tertiary/aromatic N) is 3. The highest BCUT2D eigenvalue weighted by Crippen LogP contribution is 2.22. The van der Waals surface area contributed by atoms with Gasteiger partial charge in [-0.15, -0.1) is 4.73 Å². The predicted octanol–water partition coefficient (Wildman–Crippen LogP) is 2.73. The Kier molecular flexibility index (Phi) is 7.99. The van der Waals surface area contributed by atoms with Gasteiger partial charge in [0.25, 0.3) is 11.5 Å². The monoisotopic (exact) mass is 517 g/mol. The maximum absolute atomic E-state index is 14.1. The summed E-state index contributed by atoms with van der Waals surface area (Å²) in [5, 5.41) is 2.76. The molecular formula is C28H25F2N5O3. The molecule has 2 aromatic carbocycles. The summed E-state index contributed by atoms with van der Waals surface area (Å²) in [5.41, 5.74) is 6.43. The van der Waals surface area contributed by atoms with Crippen molar-refractivity contribution in [3.8, 4) is 11.8 Å². The van der Waals surface area contributed by atoms with Gasteiger partial charge >= 0.3 is 0 Å². The van der Waals surface area contributed by atoms with Crippen LogP contribution in [0.1, 0.15) is 27.0 Å². The Labute approximate surface area is 217 Å². The molecule has 0 aliphatic carbocycles. The number of nitrogens with two attached hydrogens (primary N) is 1. The third kappa shape index (κ3) is 5.96. The molecule has 8 nitrogen and oxygen atoms in total. The second-order valence-electron chi connectivity index (χ2n) is 8.70. The van der Waals surface area contributed by atoms with E-state index in [4.69, 9.17) is 10.6 Å². The van der Waals surface area contributed by atoms with Crippen molar-refractivity contribution in [3.05, 3.63) is 105 Å². The molecule has 194 valence electrons. The van der Waals surface area contributed by atoms with Crippen molar-refractivity contribution < 1.29 is 18.4 Å². The Hall–Kier alpha value is -4.75. The largest absolute Gasteiger partial charge is 0.404 e. The Morgan fingerprint density at radius 1 is 1.16 bits per heavy atom. The molecule has 3 N–H and O–H groups in total. The van der Waals surface area contributed by atoms with Gasteiger partial charge in [0, 0.05) is 35.3 Å². The third-order valence-corrected chi connectivity index (χ3v) is 5.53. The van der Waals surface area contributed by atoms with Gasteiger partial charge in [0.05, 0.1) is 12.2 Å². The first-order chi connectivity index (χ1) is 18.2. The molecule has 0 fully saturated rings. The second-order valence-corrected chi connectivity index (χ2v) is 8.70. The summed E-state index contributed by atoms with van der Waals surface area (Å²) in [6, 6.07) is 13.8. The van der Waals surface area contributed by atoms with Crippen molar-refractivity contribution in [3.63, 3.8) is 0 Å². The van der Waals surface area contributed by atoms with Gasteiger partial charge in [0.2, 0.25) is 0 Å². The zero-order valence-electron chi connectivity index (χ0n) is 20.8. The number of carbonyl (C=O) groups is 1. The summed E-state index contributed by atoms with van der Waals surface area (Å²) in [6.45, 7) is 0.246. The van der Waals surface area contributed by atoms with E-state index in [-0.39, 0.29) is 35.4 Å². The van der Waals surface area contributed by atoms with Crippen LogP contribution in [0.2, 0.25) is 0 Å². The van der Waals surface area contributed by atoms with Crippen molar-refractivity contribution in [2.24, 2.45) is 0 Å². The average Bonchev–Trinajstić information content (AvgIpc) is 2.89. The maximum Gasteiger partial charge on any atom is 0.300 e. The first kappa shape index (κ1) is 26.3. The molecule has 0 radical (unpaired) electrons. The fourth-order valence-electron chi connectivity index (χ4n) is 3.61. The van der Waals surface area contributed by atoms with E-state index >= 15 is 0 Å². The molecular weight excluding hydrogens is 492 g/mol. The van der Waals surface area contributed by atoms with Crippen molar-refractivity contribution in [2.75, 3.05) is 26.4 Å². The number of carbonyl (C=O) groups excluding carboxylic acids is 1. The van der Waals surface area contributed by atoms with E-state index in [0.29, 0.717) is 18.2 Å². The van der Waals surface area contributed by atoms with Crippen molar-refractivity contribution in [1.82, 2.24) is 19.9 Å². The summed E-state index contributed by atoms with van der Waals surface area (Å²) in [6.07, 6.45) is 1.49. The first-order valence-corrected chi connectivity index (χ1v) is 11.6. The van der Waals surface area contributed by atoms with Crippen LogP contribution in [0.3, 0.4) is 0 Å². The lowest BCUT2D eigenvalue weighted by Gasteiger charge is -2.16. The summed E-state index contributed by atoms with van der Waals surface area (Å²) in [7, 11) is 3.77. The molecule has 0 atom stereocenters. The summed E-state index contributed by atoms with van der Waals surface area (Å²) >= 11 is 0. The number of halogens is 2. The van der Waals surface area contributed by atoms with Gasteiger partial charge in [-0.25, -0.2) is 13.8 Å². The average molecular weight is 518 g/mol. The lowest BCUT2D eigenvalue weighted by atomic mass is 10.1. The highest BCUT2D eigenvalue weighted by atomic mass is 19.1. The van der Waals surface area contributed by atoms with Gasteiger partial charge in [-0.1, -0.05) is 48.2 Å². The molecule has 2 heterocycles. The van der Waals surface area contributed by atoms with Crippen LogP contribution in [0.4, 0.5) is 14.5 Å². The van der Waals surface area contributed by atoms with E-state index in [9.17, 15) is 18.4 Å². The van der Waals surface area contributed by atoms with E-state index < -0.39 is 28.7 Å². The minimum Gasteiger partial charge on any atom is -0.404 e. The highest BCUT2D eigenvalue weighted by Gasteiger charge is 2.23. The van der Waals surface area contributed by atoms with Crippen LogP contribution in [0, 0.1) is 23.5 Å². The number of hydrogen-bond acceptors (Lipinski definition) is 6. The molecule has 38 heavy (non-hydrogen) atoms. The lowest BCUT2D eigenvalue weighted by Crippen LogP contribution is -2.37. The van der Waals surface area contributed by atoms with Gasteiger partial charge in [-0.2, -0.15) is 0 Å². The molecule has 4 rings (SSSR count). The molecule has 10 heteroatoms. The Bertz CT molecular complexity index is 1610. The topological polar surface area (TPSA) is 102 Å². The highest BCUT2D eigenvalue weighted by molar-refractivity contribution is 6.05. The Morgan fingerprint density at radius 3 is 2.63 bits per heavy atom. The van der Waals surface area contributed by atoms with E-state index in [2.05, 4.69) is 22.1 Å². The van der Waals surface area contributed by atoms with E-state index in [0.717, 1.165) is 16.4 Å². The minimum absolute atomic E-state index is 0.0215. The van der Waals surface area contributed by atoms with Crippen molar-refractivity contribution >= 4 is 22.6 Å². The smallest absolute Gasteiger partial charge is 0.300 e. The standard InChI is InChI=1S/C28H25F2N5O3/c1-34(2)12-6-9-19-13-22-25(31)24(27(36)33-16-20-10-11-21(29)14-23(20)30)28(37)35(26(22)32-15-19)38-17-18-7-4-3-5-8-18/h3-5,7-8,10-11,13-15H,12,16-17,31H2,1-2H3,(H,33,36). The Morgan fingerprint density at radius 2 is 1.92 bits per heavy atom. The third-order valence-electron chi connectivity index (χ3n) is 5.53. The predicted molar refractivity (Wildman–Crippen MR) is 140 cm³/mol. The number of fused-ring (bicyclic) bond motifs is 1. The molecule has 0 spiro atoms. The first-order valence-electron chi connectivity index (χ1n) is 11.6. The molecule has 2 aromatic heterocycles. The zero-order valence-corrected chi connectivity index (χ0v) is 20.8.